The number of sulfone groups is 1. The quantitative estimate of drug-likeness (QED) is 0.765. The van der Waals surface area contributed by atoms with Crippen LogP contribution in [0.2, 0.25) is 0 Å². The lowest BCUT2D eigenvalue weighted by atomic mass is 10.00. The van der Waals surface area contributed by atoms with Gasteiger partial charge in [-0.2, -0.15) is 0 Å². The van der Waals surface area contributed by atoms with E-state index in [0.29, 0.717) is 11.7 Å². The van der Waals surface area contributed by atoms with Crippen LogP contribution in [0.1, 0.15) is 52.9 Å². The summed E-state index contributed by atoms with van der Waals surface area (Å²) < 4.78 is 24.0. The lowest BCUT2D eigenvalue weighted by Crippen LogP contribution is -2.42. The Kier molecular flexibility index (Phi) is 5.93. The van der Waals surface area contributed by atoms with E-state index in [-0.39, 0.29) is 11.3 Å². The highest BCUT2D eigenvalue weighted by Gasteiger charge is 2.29. The predicted octanol–water partition coefficient (Wildman–Crippen LogP) is 2.37. The van der Waals surface area contributed by atoms with Crippen molar-refractivity contribution in [2.45, 2.75) is 64.2 Å². The smallest absolute Gasteiger partial charge is 0.154 e. The molecule has 0 spiro atoms. The van der Waals surface area contributed by atoms with E-state index in [1.165, 1.54) is 25.7 Å². The molecule has 1 saturated carbocycles. The minimum absolute atomic E-state index is 0.171. The number of nitrogens with one attached hydrogen (secondary N) is 1. The molecule has 0 aliphatic heterocycles. The van der Waals surface area contributed by atoms with E-state index in [1.807, 2.05) is 0 Å². The van der Waals surface area contributed by atoms with E-state index < -0.39 is 9.84 Å². The summed E-state index contributed by atoms with van der Waals surface area (Å²) >= 11 is 0. The van der Waals surface area contributed by atoms with Crippen LogP contribution in [-0.2, 0) is 9.84 Å². The predicted molar refractivity (Wildman–Crippen MR) is 73.0 cm³/mol. The summed E-state index contributed by atoms with van der Waals surface area (Å²) in [7, 11) is -2.93. The minimum atomic E-state index is -2.93. The van der Waals surface area contributed by atoms with Crippen LogP contribution in [0.4, 0.5) is 0 Å². The highest BCUT2D eigenvalue weighted by atomic mass is 32.2. The van der Waals surface area contributed by atoms with Crippen LogP contribution in [0, 0.1) is 5.92 Å². The van der Waals surface area contributed by atoms with E-state index in [2.05, 4.69) is 12.2 Å². The van der Waals surface area contributed by atoms with Gasteiger partial charge in [-0.05, 0) is 45.6 Å². The van der Waals surface area contributed by atoms with Gasteiger partial charge in [0, 0.05) is 6.04 Å². The minimum Gasteiger partial charge on any atom is -0.313 e. The Bertz CT molecular complexity index is 305. The van der Waals surface area contributed by atoms with Gasteiger partial charge in [0.25, 0.3) is 0 Å². The molecule has 0 bridgehead atoms. The Balaban J connectivity index is 2.62. The van der Waals surface area contributed by atoms with E-state index in [9.17, 15) is 8.42 Å². The first-order valence-electron chi connectivity index (χ1n) is 6.92. The molecular weight excluding hydrogens is 234 g/mol. The van der Waals surface area contributed by atoms with E-state index in [1.54, 1.807) is 13.8 Å². The third kappa shape index (κ3) is 4.59. The third-order valence-electron chi connectivity index (χ3n) is 3.76. The molecule has 0 heterocycles. The molecule has 17 heavy (non-hydrogen) atoms. The van der Waals surface area contributed by atoms with Gasteiger partial charge in [-0.15, -0.1) is 0 Å². The third-order valence-corrected chi connectivity index (χ3v) is 6.02. The second-order valence-electron chi connectivity index (χ2n) is 5.48. The second kappa shape index (κ2) is 6.74. The average Bonchev–Trinajstić information content (AvgIpc) is 2.77. The molecule has 0 aromatic carbocycles. The Morgan fingerprint density at radius 2 is 1.82 bits per heavy atom. The zero-order valence-electron chi connectivity index (χ0n) is 11.4. The maximum Gasteiger partial charge on any atom is 0.154 e. The molecule has 4 heteroatoms. The molecular formula is C13H27NO2S. The Morgan fingerprint density at radius 3 is 2.29 bits per heavy atom. The van der Waals surface area contributed by atoms with Crippen LogP contribution >= 0.6 is 0 Å². The fraction of sp³-hybridized carbons (Fsp3) is 1.00. The standard InChI is InChI=1S/C13H27NO2S/c1-4-9-14-13(12-7-5-6-8-12)10-17(15,16)11(2)3/h11-14H,4-10H2,1-3H3. The first-order valence-corrected chi connectivity index (χ1v) is 8.64. The summed E-state index contributed by atoms with van der Waals surface area (Å²) in [5.74, 6) is 0.880. The molecule has 0 aromatic rings. The van der Waals surface area contributed by atoms with Gasteiger partial charge in [0.1, 0.15) is 0 Å². The average molecular weight is 261 g/mol. The molecule has 1 atom stereocenters. The summed E-state index contributed by atoms with van der Waals surface area (Å²) in [4.78, 5) is 0. The van der Waals surface area contributed by atoms with Crippen molar-refractivity contribution < 1.29 is 8.42 Å². The summed E-state index contributed by atoms with van der Waals surface area (Å²) in [5.41, 5.74) is 0. The molecule has 1 aliphatic carbocycles. The highest BCUT2D eigenvalue weighted by Crippen LogP contribution is 2.28. The second-order valence-corrected chi connectivity index (χ2v) is 8.09. The van der Waals surface area contributed by atoms with E-state index >= 15 is 0 Å². The van der Waals surface area contributed by atoms with Crippen LogP contribution in [0.15, 0.2) is 0 Å². The Morgan fingerprint density at radius 1 is 1.24 bits per heavy atom. The van der Waals surface area contributed by atoms with E-state index in [0.717, 1.165) is 13.0 Å². The largest absolute Gasteiger partial charge is 0.313 e. The molecule has 102 valence electrons. The fourth-order valence-corrected chi connectivity index (χ4v) is 3.77. The molecule has 3 nitrogen and oxygen atoms in total. The zero-order chi connectivity index (χ0) is 12.9. The number of hydrogen-bond acceptors (Lipinski definition) is 3. The van der Waals surface area contributed by atoms with Crippen molar-refractivity contribution >= 4 is 9.84 Å². The fourth-order valence-electron chi connectivity index (χ4n) is 2.49. The van der Waals surface area contributed by atoms with Crippen molar-refractivity contribution in [2.75, 3.05) is 12.3 Å². The van der Waals surface area contributed by atoms with Gasteiger partial charge in [-0.3, -0.25) is 0 Å². The van der Waals surface area contributed by atoms with Crippen molar-refractivity contribution in [3.63, 3.8) is 0 Å². The maximum atomic E-state index is 12.0. The van der Waals surface area contributed by atoms with Crippen LogP contribution in [0.5, 0.6) is 0 Å². The van der Waals surface area contributed by atoms with Crippen LogP contribution in [0.3, 0.4) is 0 Å². The van der Waals surface area contributed by atoms with Crippen LogP contribution in [-0.4, -0.2) is 32.0 Å². The van der Waals surface area contributed by atoms with Gasteiger partial charge >= 0.3 is 0 Å². The monoisotopic (exact) mass is 261 g/mol. The van der Waals surface area contributed by atoms with Gasteiger partial charge in [0.2, 0.25) is 0 Å². The topological polar surface area (TPSA) is 46.2 Å². The van der Waals surface area contributed by atoms with Crippen molar-refractivity contribution in [1.29, 1.82) is 0 Å². The Labute approximate surface area is 106 Å². The molecule has 1 rings (SSSR count). The first kappa shape index (κ1) is 15.0. The van der Waals surface area contributed by atoms with Gasteiger partial charge in [0.05, 0.1) is 11.0 Å². The van der Waals surface area contributed by atoms with Crippen molar-refractivity contribution in [2.24, 2.45) is 5.92 Å². The zero-order valence-corrected chi connectivity index (χ0v) is 12.2. The first-order chi connectivity index (χ1) is 7.97. The molecule has 1 fully saturated rings. The van der Waals surface area contributed by atoms with Crippen molar-refractivity contribution in [3.05, 3.63) is 0 Å². The lowest BCUT2D eigenvalue weighted by Gasteiger charge is -2.25. The molecule has 0 aromatic heterocycles. The van der Waals surface area contributed by atoms with Gasteiger partial charge in [-0.25, -0.2) is 8.42 Å². The van der Waals surface area contributed by atoms with Gasteiger partial charge < -0.3 is 5.32 Å². The molecule has 0 saturated heterocycles. The molecule has 1 aliphatic rings. The van der Waals surface area contributed by atoms with Gasteiger partial charge in [0.15, 0.2) is 9.84 Å². The normalized spacial score (nSPS) is 20.0. The highest BCUT2D eigenvalue weighted by molar-refractivity contribution is 7.92. The van der Waals surface area contributed by atoms with E-state index in [4.69, 9.17) is 0 Å². The molecule has 1 N–H and O–H groups in total. The number of rotatable bonds is 7. The summed E-state index contributed by atoms with van der Waals surface area (Å²) in [6.45, 7) is 6.60. The maximum absolute atomic E-state index is 12.0. The molecule has 0 radical (unpaired) electrons. The summed E-state index contributed by atoms with van der Waals surface area (Å²) in [6.07, 6.45) is 5.96. The molecule has 1 unspecified atom stereocenters. The van der Waals surface area contributed by atoms with Crippen LogP contribution < -0.4 is 5.32 Å². The van der Waals surface area contributed by atoms with Crippen LogP contribution in [0.25, 0.3) is 0 Å². The SMILES string of the molecule is CCCNC(CS(=O)(=O)C(C)C)C1CCCC1. The summed E-state index contributed by atoms with van der Waals surface area (Å²) in [5, 5.41) is 3.19. The lowest BCUT2D eigenvalue weighted by molar-refractivity contribution is 0.382. The number of hydrogen-bond donors (Lipinski definition) is 1. The van der Waals surface area contributed by atoms with Crippen molar-refractivity contribution in [1.82, 2.24) is 5.32 Å². The van der Waals surface area contributed by atoms with Gasteiger partial charge in [-0.1, -0.05) is 19.8 Å². The van der Waals surface area contributed by atoms with Crippen molar-refractivity contribution in [3.8, 4) is 0 Å². The summed E-state index contributed by atoms with van der Waals surface area (Å²) in [6, 6.07) is 0.171. The molecule has 0 amide bonds. The Hall–Kier alpha value is -0.0900.